The molecule has 0 spiro atoms. The molecule has 20 heavy (non-hydrogen) atoms. The Hall–Kier alpha value is -1.75. The molecule has 0 radical (unpaired) electrons. The lowest BCUT2D eigenvalue weighted by atomic mass is 9.94. The number of anilines is 1. The molecule has 1 saturated heterocycles. The van der Waals surface area contributed by atoms with Crippen molar-refractivity contribution in [1.82, 2.24) is 5.32 Å². The molecule has 0 aliphatic carbocycles. The highest BCUT2D eigenvalue weighted by atomic mass is 16.5. The molecule has 1 fully saturated rings. The molecule has 1 aromatic rings. The van der Waals surface area contributed by atoms with Gasteiger partial charge in [-0.25, -0.2) is 0 Å². The van der Waals surface area contributed by atoms with Gasteiger partial charge < -0.3 is 20.1 Å². The zero-order chi connectivity index (χ0) is 14.2. The molecule has 2 aliphatic rings. The van der Waals surface area contributed by atoms with Crippen LogP contribution in [0.4, 0.5) is 5.69 Å². The quantitative estimate of drug-likeness (QED) is 0.860. The van der Waals surface area contributed by atoms with Gasteiger partial charge in [-0.1, -0.05) is 12.1 Å². The summed E-state index contributed by atoms with van der Waals surface area (Å²) >= 11 is 0. The first-order valence-electron chi connectivity index (χ1n) is 7.02. The van der Waals surface area contributed by atoms with Gasteiger partial charge in [-0.05, 0) is 32.4 Å². The molecule has 1 aromatic carbocycles. The second kappa shape index (κ2) is 4.98. The molecule has 0 bridgehead atoms. The summed E-state index contributed by atoms with van der Waals surface area (Å²) in [6.45, 7) is 5.17. The Labute approximate surface area is 118 Å². The van der Waals surface area contributed by atoms with Crippen molar-refractivity contribution in [2.75, 3.05) is 18.5 Å². The normalized spacial score (nSPS) is 31.9. The van der Waals surface area contributed by atoms with Crippen molar-refractivity contribution in [3.63, 3.8) is 0 Å². The van der Waals surface area contributed by atoms with E-state index in [1.54, 1.807) is 0 Å². The number of para-hydroxylation sites is 2. The van der Waals surface area contributed by atoms with Crippen LogP contribution in [0.3, 0.4) is 0 Å². The van der Waals surface area contributed by atoms with E-state index < -0.39 is 6.10 Å². The summed E-state index contributed by atoms with van der Waals surface area (Å²) in [5.74, 6) is 0.631. The smallest absolute Gasteiger partial charge is 0.263 e. The predicted molar refractivity (Wildman–Crippen MR) is 75.9 cm³/mol. The summed E-state index contributed by atoms with van der Waals surface area (Å²) < 4.78 is 11.3. The predicted octanol–water partition coefficient (Wildman–Crippen LogP) is 1.54. The zero-order valence-corrected chi connectivity index (χ0v) is 11.8. The fourth-order valence-corrected chi connectivity index (χ4v) is 2.62. The monoisotopic (exact) mass is 276 g/mol. The van der Waals surface area contributed by atoms with Crippen LogP contribution in [0, 0.1) is 0 Å². The minimum Gasteiger partial charge on any atom is -0.477 e. The van der Waals surface area contributed by atoms with Crippen LogP contribution >= 0.6 is 0 Å². The van der Waals surface area contributed by atoms with Gasteiger partial charge >= 0.3 is 0 Å². The van der Waals surface area contributed by atoms with E-state index in [2.05, 4.69) is 10.6 Å². The van der Waals surface area contributed by atoms with Gasteiger partial charge in [0.25, 0.3) is 5.91 Å². The maximum Gasteiger partial charge on any atom is 0.263 e. The summed E-state index contributed by atoms with van der Waals surface area (Å²) in [4.78, 5) is 12.4. The van der Waals surface area contributed by atoms with Crippen LogP contribution in [0.2, 0.25) is 0 Å². The van der Waals surface area contributed by atoms with Gasteiger partial charge in [-0.15, -0.1) is 0 Å². The number of hydrogen-bond donors (Lipinski definition) is 2. The van der Waals surface area contributed by atoms with Crippen LogP contribution in [-0.4, -0.2) is 36.8 Å². The number of benzene rings is 1. The number of carbonyl (C=O) groups excluding carboxylic acids is 1. The summed E-state index contributed by atoms with van der Waals surface area (Å²) in [7, 11) is 0. The van der Waals surface area contributed by atoms with E-state index >= 15 is 0 Å². The Morgan fingerprint density at radius 2 is 2.25 bits per heavy atom. The highest BCUT2D eigenvalue weighted by Gasteiger charge is 2.40. The van der Waals surface area contributed by atoms with Gasteiger partial charge in [0.2, 0.25) is 0 Å². The standard InChI is InChI=1S/C15H20N2O3/c1-10-15(2,7-8-19-10)17-14(18)13-9-16-11-5-3-4-6-12(11)20-13/h3-6,10,13,16H,7-9H2,1-2H3,(H,17,18). The van der Waals surface area contributed by atoms with Gasteiger partial charge in [-0.2, -0.15) is 0 Å². The molecule has 3 rings (SSSR count). The van der Waals surface area contributed by atoms with E-state index in [9.17, 15) is 4.79 Å². The average Bonchev–Trinajstić information content (AvgIpc) is 2.77. The molecule has 3 unspecified atom stereocenters. The van der Waals surface area contributed by atoms with E-state index in [1.807, 2.05) is 38.1 Å². The van der Waals surface area contributed by atoms with Crippen molar-refractivity contribution in [2.45, 2.75) is 38.0 Å². The largest absolute Gasteiger partial charge is 0.477 e. The van der Waals surface area contributed by atoms with Gasteiger partial charge in [0, 0.05) is 6.61 Å². The Morgan fingerprint density at radius 3 is 3.00 bits per heavy atom. The Balaban J connectivity index is 1.67. The van der Waals surface area contributed by atoms with Crippen molar-refractivity contribution in [2.24, 2.45) is 0 Å². The van der Waals surface area contributed by atoms with Crippen molar-refractivity contribution < 1.29 is 14.3 Å². The number of ether oxygens (including phenoxy) is 2. The summed E-state index contributed by atoms with van der Waals surface area (Å²) in [6.07, 6.45) is 0.348. The lowest BCUT2D eigenvalue weighted by Crippen LogP contribution is -2.56. The van der Waals surface area contributed by atoms with E-state index in [1.165, 1.54) is 0 Å². The lowest BCUT2D eigenvalue weighted by molar-refractivity contribution is -0.130. The number of rotatable bonds is 2. The molecule has 3 atom stereocenters. The number of carbonyl (C=O) groups is 1. The first kappa shape index (κ1) is 13.2. The minimum absolute atomic E-state index is 0.0234. The van der Waals surface area contributed by atoms with Crippen LogP contribution in [0.5, 0.6) is 5.75 Å². The van der Waals surface area contributed by atoms with Crippen LogP contribution in [-0.2, 0) is 9.53 Å². The summed E-state index contributed by atoms with van der Waals surface area (Å²) in [6, 6.07) is 7.64. The summed E-state index contributed by atoms with van der Waals surface area (Å²) in [5.41, 5.74) is 0.623. The fraction of sp³-hybridized carbons (Fsp3) is 0.533. The van der Waals surface area contributed by atoms with Crippen molar-refractivity contribution in [1.29, 1.82) is 0 Å². The zero-order valence-electron chi connectivity index (χ0n) is 11.8. The maximum absolute atomic E-state index is 12.4. The highest BCUT2D eigenvalue weighted by Crippen LogP contribution is 2.29. The Morgan fingerprint density at radius 1 is 1.45 bits per heavy atom. The average molecular weight is 276 g/mol. The molecule has 0 saturated carbocycles. The van der Waals surface area contributed by atoms with Crippen LogP contribution in [0.25, 0.3) is 0 Å². The molecule has 5 heteroatoms. The summed E-state index contributed by atoms with van der Waals surface area (Å²) in [5, 5.41) is 6.30. The minimum atomic E-state index is -0.505. The van der Waals surface area contributed by atoms with Crippen molar-refractivity contribution >= 4 is 11.6 Å². The van der Waals surface area contributed by atoms with E-state index in [-0.39, 0.29) is 17.6 Å². The number of amides is 1. The third-order valence-corrected chi connectivity index (χ3v) is 4.22. The van der Waals surface area contributed by atoms with Gasteiger partial charge in [0.05, 0.1) is 23.9 Å². The van der Waals surface area contributed by atoms with E-state index in [0.29, 0.717) is 13.2 Å². The molecule has 1 amide bonds. The van der Waals surface area contributed by atoms with Gasteiger partial charge in [-0.3, -0.25) is 4.79 Å². The van der Waals surface area contributed by atoms with Crippen molar-refractivity contribution in [3.05, 3.63) is 24.3 Å². The van der Waals surface area contributed by atoms with Gasteiger partial charge in [0.15, 0.2) is 6.10 Å². The van der Waals surface area contributed by atoms with Crippen LogP contribution in [0.1, 0.15) is 20.3 Å². The molecular weight excluding hydrogens is 256 g/mol. The second-order valence-corrected chi connectivity index (χ2v) is 5.65. The fourth-order valence-electron chi connectivity index (χ4n) is 2.62. The van der Waals surface area contributed by atoms with Crippen molar-refractivity contribution in [3.8, 4) is 5.75 Å². The topological polar surface area (TPSA) is 59.6 Å². The number of nitrogens with one attached hydrogen (secondary N) is 2. The van der Waals surface area contributed by atoms with Crippen LogP contribution < -0.4 is 15.4 Å². The highest BCUT2D eigenvalue weighted by molar-refractivity contribution is 5.83. The SMILES string of the molecule is CC1OCCC1(C)NC(=O)C1CNc2ccccc2O1. The van der Waals surface area contributed by atoms with E-state index in [4.69, 9.17) is 9.47 Å². The first-order valence-corrected chi connectivity index (χ1v) is 7.02. The Bertz CT molecular complexity index is 520. The molecule has 2 N–H and O–H groups in total. The molecule has 2 aliphatic heterocycles. The third-order valence-electron chi connectivity index (χ3n) is 4.22. The molecule has 5 nitrogen and oxygen atoms in total. The number of fused-ring (bicyclic) bond motifs is 1. The Kier molecular flexibility index (Phi) is 3.30. The second-order valence-electron chi connectivity index (χ2n) is 5.65. The number of hydrogen-bond acceptors (Lipinski definition) is 4. The third kappa shape index (κ3) is 2.33. The van der Waals surface area contributed by atoms with E-state index in [0.717, 1.165) is 17.9 Å². The first-order chi connectivity index (χ1) is 9.58. The lowest BCUT2D eigenvalue weighted by Gasteiger charge is -2.33. The maximum atomic E-state index is 12.4. The molecule has 0 aromatic heterocycles. The molecular formula is C15H20N2O3. The molecule has 2 heterocycles. The van der Waals surface area contributed by atoms with Gasteiger partial charge in [0.1, 0.15) is 5.75 Å². The van der Waals surface area contributed by atoms with Crippen LogP contribution in [0.15, 0.2) is 24.3 Å². The molecule has 108 valence electrons.